The average molecular weight is 421 g/mol. The predicted octanol–water partition coefficient (Wildman–Crippen LogP) is 2.59. The summed E-state index contributed by atoms with van der Waals surface area (Å²) in [5, 5.41) is 20.3. The van der Waals surface area contributed by atoms with E-state index in [0.29, 0.717) is 24.8 Å². The van der Waals surface area contributed by atoms with Crippen LogP contribution in [0.25, 0.3) is 0 Å². The lowest BCUT2D eigenvalue weighted by Crippen LogP contribution is -2.41. The third-order valence-corrected chi connectivity index (χ3v) is 2.57. The standard InChI is InChI=1S/C14H23N5O2.HI/c1-4-15-14(18-11(2)3)17-10-9-16-12-7-5-6-8-13(12)19(20)21;/h5-8,11,16H,4,9-10H2,1-3H3,(H2,15,17,18);1H. The minimum absolute atomic E-state index is 0. The topological polar surface area (TPSA) is 91.6 Å². The van der Waals surface area contributed by atoms with Crippen molar-refractivity contribution in [3.05, 3.63) is 34.4 Å². The summed E-state index contributed by atoms with van der Waals surface area (Å²) in [5.41, 5.74) is 0.591. The molecular weight excluding hydrogens is 397 g/mol. The van der Waals surface area contributed by atoms with Crippen LogP contribution in [0.3, 0.4) is 0 Å². The van der Waals surface area contributed by atoms with Gasteiger partial charge in [-0.1, -0.05) is 12.1 Å². The molecule has 0 bridgehead atoms. The molecule has 0 aromatic heterocycles. The summed E-state index contributed by atoms with van der Waals surface area (Å²) in [5.74, 6) is 0.747. The third kappa shape index (κ3) is 7.43. The fraction of sp³-hybridized carbons (Fsp3) is 0.500. The van der Waals surface area contributed by atoms with Crippen LogP contribution >= 0.6 is 24.0 Å². The number of nitrogens with one attached hydrogen (secondary N) is 3. The molecule has 1 aromatic rings. The molecule has 0 aliphatic carbocycles. The molecule has 8 heteroatoms. The van der Waals surface area contributed by atoms with E-state index in [0.717, 1.165) is 12.5 Å². The third-order valence-electron chi connectivity index (χ3n) is 2.57. The first kappa shape index (κ1) is 20.4. The monoisotopic (exact) mass is 421 g/mol. The minimum Gasteiger partial charge on any atom is -0.378 e. The number of nitrogens with zero attached hydrogens (tertiary/aromatic N) is 2. The smallest absolute Gasteiger partial charge is 0.292 e. The summed E-state index contributed by atoms with van der Waals surface area (Å²) in [6.45, 7) is 7.92. The highest BCUT2D eigenvalue weighted by Crippen LogP contribution is 2.22. The van der Waals surface area contributed by atoms with Gasteiger partial charge in [-0.2, -0.15) is 0 Å². The SMILES string of the molecule is CCNC(=NCCNc1ccccc1[N+](=O)[O-])NC(C)C.I. The van der Waals surface area contributed by atoms with Gasteiger partial charge in [-0.05, 0) is 26.8 Å². The molecule has 7 nitrogen and oxygen atoms in total. The molecule has 0 aliphatic rings. The van der Waals surface area contributed by atoms with E-state index in [4.69, 9.17) is 0 Å². The average Bonchev–Trinajstić information content (AvgIpc) is 2.43. The molecule has 1 rings (SSSR count). The number of benzene rings is 1. The van der Waals surface area contributed by atoms with Crippen molar-refractivity contribution in [1.82, 2.24) is 10.6 Å². The highest BCUT2D eigenvalue weighted by molar-refractivity contribution is 14.0. The number of para-hydroxylation sites is 2. The van der Waals surface area contributed by atoms with Crippen molar-refractivity contribution in [3.63, 3.8) is 0 Å². The van der Waals surface area contributed by atoms with Gasteiger partial charge in [0.2, 0.25) is 0 Å². The van der Waals surface area contributed by atoms with E-state index in [2.05, 4.69) is 20.9 Å². The van der Waals surface area contributed by atoms with Gasteiger partial charge in [0.1, 0.15) is 5.69 Å². The maximum atomic E-state index is 10.9. The second-order valence-corrected chi connectivity index (χ2v) is 4.76. The van der Waals surface area contributed by atoms with Crippen molar-refractivity contribution in [2.45, 2.75) is 26.8 Å². The molecule has 0 saturated heterocycles. The first-order chi connectivity index (χ1) is 10.0. The van der Waals surface area contributed by atoms with Gasteiger partial charge in [-0.3, -0.25) is 15.1 Å². The number of aliphatic imine (C=N–C) groups is 1. The van der Waals surface area contributed by atoms with Gasteiger partial charge in [-0.15, -0.1) is 24.0 Å². The van der Waals surface area contributed by atoms with E-state index in [-0.39, 0.29) is 29.7 Å². The molecule has 0 aliphatic heterocycles. The number of nitro groups is 1. The Labute approximate surface area is 148 Å². The second-order valence-electron chi connectivity index (χ2n) is 4.76. The quantitative estimate of drug-likeness (QED) is 0.157. The van der Waals surface area contributed by atoms with Gasteiger partial charge in [0.15, 0.2) is 5.96 Å². The Hall–Kier alpha value is -1.58. The molecule has 0 unspecified atom stereocenters. The van der Waals surface area contributed by atoms with Crippen molar-refractivity contribution in [2.75, 3.05) is 25.0 Å². The van der Waals surface area contributed by atoms with E-state index >= 15 is 0 Å². The van der Waals surface area contributed by atoms with Crippen LogP contribution in [-0.4, -0.2) is 36.6 Å². The Bertz CT molecular complexity index is 494. The lowest BCUT2D eigenvalue weighted by Gasteiger charge is -2.14. The molecular formula is C14H24IN5O2. The van der Waals surface area contributed by atoms with Crippen LogP contribution in [0.5, 0.6) is 0 Å². The summed E-state index contributed by atoms with van der Waals surface area (Å²) in [6.07, 6.45) is 0. The largest absolute Gasteiger partial charge is 0.378 e. The molecule has 0 radical (unpaired) electrons. The molecule has 0 heterocycles. The van der Waals surface area contributed by atoms with Crippen molar-refractivity contribution in [1.29, 1.82) is 0 Å². The summed E-state index contributed by atoms with van der Waals surface area (Å²) < 4.78 is 0. The molecule has 3 N–H and O–H groups in total. The number of nitro benzene ring substituents is 1. The first-order valence-corrected chi connectivity index (χ1v) is 7.06. The second kappa shape index (κ2) is 11.0. The van der Waals surface area contributed by atoms with Crippen LogP contribution in [0.2, 0.25) is 0 Å². The van der Waals surface area contributed by atoms with Crippen LogP contribution in [0, 0.1) is 10.1 Å². The summed E-state index contributed by atoms with van der Waals surface area (Å²) >= 11 is 0. The highest BCUT2D eigenvalue weighted by Gasteiger charge is 2.11. The Morgan fingerprint density at radius 3 is 2.64 bits per heavy atom. The molecule has 22 heavy (non-hydrogen) atoms. The maximum absolute atomic E-state index is 10.9. The van der Waals surface area contributed by atoms with Crippen LogP contribution in [0.15, 0.2) is 29.3 Å². The van der Waals surface area contributed by atoms with Crippen molar-refractivity contribution in [2.24, 2.45) is 4.99 Å². The Morgan fingerprint density at radius 1 is 1.36 bits per heavy atom. The van der Waals surface area contributed by atoms with Crippen LogP contribution in [0.1, 0.15) is 20.8 Å². The molecule has 0 atom stereocenters. The van der Waals surface area contributed by atoms with Gasteiger partial charge in [0.25, 0.3) is 5.69 Å². The number of rotatable bonds is 7. The number of halogens is 1. The summed E-state index contributed by atoms with van der Waals surface area (Å²) in [4.78, 5) is 14.9. The summed E-state index contributed by atoms with van der Waals surface area (Å²) in [7, 11) is 0. The van der Waals surface area contributed by atoms with Crippen molar-refractivity contribution < 1.29 is 4.92 Å². The highest BCUT2D eigenvalue weighted by atomic mass is 127. The molecule has 0 amide bonds. The van der Waals surface area contributed by atoms with Crippen LogP contribution in [-0.2, 0) is 0 Å². The molecule has 0 spiro atoms. The van der Waals surface area contributed by atoms with Crippen molar-refractivity contribution >= 4 is 41.3 Å². The van der Waals surface area contributed by atoms with Crippen molar-refractivity contribution in [3.8, 4) is 0 Å². The fourth-order valence-corrected chi connectivity index (χ4v) is 1.73. The Morgan fingerprint density at radius 2 is 2.05 bits per heavy atom. The van der Waals surface area contributed by atoms with Gasteiger partial charge in [-0.25, -0.2) is 0 Å². The van der Waals surface area contributed by atoms with E-state index in [1.54, 1.807) is 18.2 Å². The normalized spacial score (nSPS) is 10.8. The first-order valence-electron chi connectivity index (χ1n) is 7.06. The lowest BCUT2D eigenvalue weighted by atomic mass is 10.2. The summed E-state index contributed by atoms with van der Waals surface area (Å²) in [6, 6.07) is 6.89. The Balaban J connectivity index is 0.00000441. The molecule has 124 valence electrons. The zero-order valence-corrected chi connectivity index (χ0v) is 15.5. The number of hydrogen-bond acceptors (Lipinski definition) is 4. The van der Waals surface area contributed by atoms with Gasteiger partial charge >= 0.3 is 0 Å². The van der Waals surface area contributed by atoms with E-state index in [1.807, 2.05) is 20.8 Å². The van der Waals surface area contributed by atoms with E-state index in [9.17, 15) is 10.1 Å². The molecule has 1 aromatic carbocycles. The van der Waals surface area contributed by atoms with Crippen LogP contribution < -0.4 is 16.0 Å². The minimum atomic E-state index is -0.393. The van der Waals surface area contributed by atoms with E-state index in [1.165, 1.54) is 6.07 Å². The van der Waals surface area contributed by atoms with Gasteiger partial charge < -0.3 is 16.0 Å². The zero-order chi connectivity index (χ0) is 15.7. The Kier molecular flexibility index (Phi) is 10.3. The maximum Gasteiger partial charge on any atom is 0.292 e. The van der Waals surface area contributed by atoms with Gasteiger partial charge in [0.05, 0.1) is 11.5 Å². The number of hydrogen-bond donors (Lipinski definition) is 3. The zero-order valence-electron chi connectivity index (χ0n) is 13.1. The van der Waals surface area contributed by atoms with Crippen LogP contribution in [0.4, 0.5) is 11.4 Å². The van der Waals surface area contributed by atoms with Gasteiger partial charge in [0, 0.05) is 25.2 Å². The number of anilines is 1. The van der Waals surface area contributed by atoms with E-state index < -0.39 is 4.92 Å². The number of guanidine groups is 1. The predicted molar refractivity (Wildman–Crippen MR) is 101 cm³/mol. The fourth-order valence-electron chi connectivity index (χ4n) is 1.73. The molecule has 0 fully saturated rings. The molecule has 0 saturated carbocycles. The lowest BCUT2D eigenvalue weighted by molar-refractivity contribution is -0.384.